The molecule has 0 aromatic heterocycles. The largest absolute Gasteiger partial charge is 0.497 e. The fourth-order valence-electron chi connectivity index (χ4n) is 2.63. The van der Waals surface area contributed by atoms with Crippen LogP contribution in [0, 0.1) is 0 Å². The lowest BCUT2D eigenvalue weighted by molar-refractivity contribution is 0.267. The molecular formula is C15H23N3OS. The molecule has 20 heavy (non-hydrogen) atoms. The maximum atomic E-state index is 5.34. The van der Waals surface area contributed by atoms with Crippen LogP contribution in [0.15, 0.2) is 24.3 Å². The van der Waals surface area contributed by atoms with E-state index >= 15 is 0 Å². The molecule has 5 heteroatoms. The van der Waals surface area contributed by atoms with Gasteiger partial charge < -0.3 is 15.4 Å². The van der Waals surface area contributed by atoms with Gasteiger partial charge in [0.1, 0.15) is 5.75 Å². The van der Waals surface area contributed by atoms with Crippen LogP contribution in [0.25, 0.3) is 0 Å². The van der Waals surface area contributed by atoms with Crippen molar-refractivity contribution in [2.75, 3.05) is 32.1 Å². The highest BCUT2D eigenvalue weighted by Crippen LogP contribution is 2.17. The smallest absolute Gasteiger partial charge is 0.170 e. The third-order valence-electron chi connectivity index (χ3n) is 3.73. The quantitative estimate of drug-likeness (QED) is 0.816. The summed E-state index contributed by atoms with van der Waals surface area (Å²) in [7, 11) is 1.66. The molecule has 1 unspecified atom stereocenters. The van der Waals surface area contributed by atoms with Crippen LogP contribution in [-0.2, 0) is 0 Å². The van der Waals surface area contributed by atoms with Gasteiger partial charge in [-0.05, 0) is 50.3 Å². The SMILES string of the molecule is CCN1CCCC1CNC(=S)Nc1cccc(OC)c1. The van der Waals surface area contributed by atoms with Gasteiger partial charge in [-0.25, -0.2) is 0 Å². The number of rotatable bonds is 5. The van der Waals surface area contributed by atoms with E-state index in [1.54, 1.807) is 7.11 Å². The molecule has 1 heterocycles. The highest BCUT2D eigenvalue weighted by Gasteiger charge is 2.22. The molecular weight excluding hydrogens is 270 g/mol. The summed E-state index contributed by atoms with van der Waals surface area (Å²) < 4.78 is 5.20. The normalized spacial score (nSPS) is 18.8. The Hall–Kier alpha value is -1.33. The first-order valence-electron chi connectivity index (χ1n) is 7.16. The lowest BCUT2D eigenvalue weighted by Crippen LogP contribution is -2.41. The monoisotopic (exact) mass is 293 g/mol. The molecule has 1 aliphatic rings. The highest BCUT2D eigenvalue weighted by molar-refractivity contribution is 7.80. The van der Waals surface area contributed by atoms with Crippen LogP contribution in [-0.4, -0.2) is 42.8 Å². The van der Waals surface area contributed by atoms with Crippen LogP contribution in [0.4, 0.5) is 5.69 Å². The zero-order valence-electron chi connectivity index (χ0n) is 12.2. The van der Waals surface area contributed by atoms with Crippen molar-refractivity contribution in [2.45, 2.75) is 25.8 Å². The zero-order chi connectivity index (χ0) is 14.4. The second-order valence-electron chi connectivity index (χ2n) is 4.99. The number of methoxy groups -OCH3 is 1. The molecule has 1 fully saturated rings. The number of hydrogen-bond donors (Lipinski definition) is 2. The summed E-state index contributed by atoms with van der Waals surface area (Å²) in [5.41, 5.74) is 0.945. The van der Waals surface area contributed by atoms with E-state index in [9.17, 15) is 0 Å². The minimum absolute atomic E-state index is 0.602. The number of benzene rings is 1. The predicted octanol–water partition coefficient (Wildman–Crippen LogP) is 2.47. The molecule has 2 rings (SSSR count). The van der Waals surface area contributed by atoms with Crippen molar-refractivity contribution in [1.29, 1.82) is 0 Å². The number of likely N-dealkylation sites (N-methyl/N-ethyl adjacent to an activating group) is 1. The van der Waals surface area contributed by atoms with Gasteiger partial charge >= 0.3 is 0 Å². The Morgan fingerprint density at radius 2 is 2.35 bits per heavy atom. The van der Waals surface area contributed by atoms with Gasteiger partial charge in [-0.2, -0.15) is 0 Å². The lowest BCUT2D eigenvalue weighted by atomic mass is 10.2. The van der Waals surface area contributed by atoms with E-state index in [1.165, 1.54) is 19.4 Å². The number of hydrogen-bond acceptors (Lipinski definition) is 3. The Labute approximate surface area is 126 Å². The van der Waals surface area contributed by atoms with Crippen LogP contribution in [0.1, 0.15) is 19.8 Å². The van der Waals surface area contributed by atoms with Gasteiger partial charge in [-0.3, -0.25) is 4.90 Å². The number of nitrogens with zero attached hydrogens (tertiary/aromatic N) is 1. The molecule has 110 valence electrons. The van der Waals surface area contributed by atoms with Gasteiger partial charge in [-0.15, -0.1) is 0 Å². The Morgan fingerprint density at radius 1 is 1.50 bits per heavy atom. The van der Waals surface area contributed by atoms with Crippen LogP contribution in [0.5, 0.6) is 5.75 Å². The topological polar surface area (TPSA) is 36.5 Å². The number of ether oxygens (including phenoxy) is 1. The number of thiocarbonyl (C=S) groups is 1. The average molecular weight is 293 g/mol. The van der Waals surface area contributed by atoms with Crippen molar-refractivity contribution >= 4 is 23.0 Å². The Bertz CT molecular complexity index is 452. The average Bonchev–Trinajstić information content (AvgIpc) is 2.93. The van der Waals surface area contributed by atoms with Crippen molar-refractivity contribution < 1.29 is 4.74 Å². The summed E-state index contributed by atoms with van der Waals surface area (Å²) in [6, 6.07) is 8.37. The molecule has 0 amide bonds. The van der Waals surface area contributed by atoms with E-state index in [1.807, 2.05) is 24.3 Å². The Balaban J connectivity index is 1.80. The first kappa shape index (κ1) is 15.1. The second kappa shape index (κ2) is 7.45. The number of anilines is 1. The van der Waals surface area contributed by atoms with Gasteiger partial charge in [0, 0.05) is 24.3 Å². The van der Waals surface area contributed by atoms with Crippen LogP contribution >= 0.6 is 12.2 Å². The minimum atomic E-state index is 0.602. The molecule has 0 radical (unpaired) electrons. The molecule has 2 N–H and O–H groups in total. The summed E-state index contributed by atoms with van der Waals surface area (Å²) in [4.78, 5) is 2.50. The van der Waals surface area contributed by atoms with E-state index in [2.05, 4.69) is 22.5 Å². The standard InChI is InChI=1S/C15H23N3OS/c1-3-18-9-5-7-13(18)11-16-15(20)17-12-6-4-8-14(10-12)19-2/h4,6,8,10,13H,3,5,7,9,11H2,1-2H3,(H2,16,17,20). The molecule has 1 saturated heterocycles. The van der Waals surface area contributed by atoms with E-state index in [0.717, 1.165) is 24.5 Å². The first-order valence-corrected chi connectivity index (χ1v) is 7.56. The summed E-state index contributed by atoms with van der Waals surface area (Å²) in [5.74, 6) is 0.825. The Morgan fingerprint density at radius 3 is 3.10 bits per heavy atom. The summed E-state index contributed by atoms with van der Waals surface area (Å²) in [6.07, 6.45) is 2.54. The fraction of sp³-hybridized carbons (Fsp3) is 0.533. The van der Waals surface area contributed by atoms with Crippen molar-refractivity contribution in [3.63, 3.8) is 0 Å². The van der Waals surface area contributed by atoms with Crippen LogP contribution in [0.3, 0.4) is 0 Å². The molecule has 0 bridgehead atoms. The van der Waals surface area contributed by atoms with Crippen molar-refractivity contribution in [2.24, 2.45) is 0 Å². The van der Waals surface area contributed by atoms with E-state index < -0.39 is 0 Å². The predicted molar refractivity (Wildman–Crippen MR) is 87.5 cm³/mol. The Kier molecular flexibility index (Phi) is 5.61. The third kappa shape index (κ3) is 4.08. The molecule has 0 aliphatic carbocycles. The van der Waals surface area contributed by atoms with E-state index in [-0.39, 0.29) is 0 Å². The molecule has 0 saturated carbocycles. The third-order valence-corrected chi connectivity index (χ3v) is 3.98. The van der Waals surface area contributed by atoms with E-state index in [0.29, 0.717) is 11.2 Å². The van der Waals surface area contributed by atoms with Crippen molar-refractivity contribution in [3.05, 3.63) is 24.3 Å². The van der Waals surface area contributed by atoms with Crippen LogP contribution in [0.2, 0.25) is 0 Å². The zero-order valence-corrected chi connectivity index (χ0v) is 13.0. The molecule has 1 aromatic carbocycles. The van der Waals surface area contributed by atoms with Gasteiger partial charge in [-0.1, -0.05) is 13.0 Å². The van der Waals surface area contributed by atoms with Crippen molar-refractivity contribution in [1.82, 2.24) is 10.2 Å². The minimum Gasteiger partial charge on any atom is -0.497 e. The van der Waals surface area contributed by atoms with Gasteiger partial charge in [0.05, 0.1) is 7.11 Å². The maximum absolute atomic E-state index is 5.34. The van der Waals surface area contributed by atoms with Gasteiger partial charge in [0.25, 0.3) is 0 Å². The molecule has 1 aromatic rings. The van der Waals surface area contributed by atoms with Gasteiger partial charge in [0.15, 0.2) is 5.11 Å². The maximum Gasteiger partial charge on any atom is 0.170 e. The number of likely N-dealkylation sites (tertiary alicyclic amines) is 1. The van der Waals surface area contributed by atoms with E-state index in [4.69, 9.17) is 17.0 Å². The number of nitrogens with one attached hydrogen (secondary N) is 2. The molecule has 1 aliphatic heterocycles. The van der Waals surface area contributed by atoms with Gasteiger partial charge in [0.2, 0.25) is 0 Å². The summed E-state index contributed by atoms with van der Waals surface area (Å²) in [5, 5.41) is 7.18. The highest BCUT2D eigenvalue weighted by atomic mass is 32.1. The first-order chi connectivity index (χ1) is 9.72. The molecule has 1 atom stereocenters. The molecule has 4 nitrogen and oxygen atoms in total. The summed E-state index contributed by atoms with van der Waals surface area (Å²) in [6.45, 7) is 5.44. The molecule has 0 spiro atoms. The van der Waals surface area contributed by atoms with Crippen LogP contribution < -0.4 is 15.4 Å². The fourth-order valence-corrected chi connectivity index (χ4v) is 2.83. The lowest BCUT2D eigenvalue weighted by Gasteiger charge is -2.23. The van der Waals surface area contributed by atoms with Crippen molar-refractivity contribution in [3.8, 4) is 5.75 Å². The summed E-state index contributed by atoms with van der Waals surface area (Å²) >= 11 is 5.34. The second-order valence-corrected chi connectivity index (χ2v) is 5.40.